The molecular formula is C20H21N. The lowest BCUT2D eigenvalue weighted by Crippen LogP contribution is -1.94. The third-order valence-electron chi connectivity index (χ3n) is 3.71. The fraction of sp³-hybridized carbons (Fsp3) is 0.250. The number of rotatable bonds is 3. The van der Waals surface area contributed by atoms with Crippen LogP contribution in [-0.4, -0.2) is 4.98 Å². The van der Waals surface area contributed by atoms with Crippen molar-refractivity contribution >= 4 is 10.9 Å². The summed E-state index contributed by atoms with van der Waals surface area (Å²) in [6.45, 7) is 6.62. The average molecular weight is 275 g/mol. The molecule has 0 aliphatic rings. The van der Waals surface area contributed by atoms with Gasteiger partial charge in [0.15, 0.2) is 0 Å². The van der Waals surface area contributed by atoms with Crippen LogP contribution in [0.25, 0.3) is 22.2 Å². The predicted molar refractivity (Wildman–Crippen MR) is 90.5 cm³/mol. The summed E-state index contributed by atoms with van der Waals surface area (Å²) in [6.07, 6.45) is 1.10. The van der Waals surface area contributed by atoms with Gasteiger partial charge in [-0.3, -0.25) is 0 Å². The van der Waals surface area contributed by atoms with E-state index in [-0.39, 0.29) is 0 Å². The first-order chi connectivity index (χ1) is 10.1. The maximum Gasteiger partial charge on any atom is 0.0712 e. The lowest BCUT2D eigenvalue weighted by atomic mass is 10.0. The molecule has 0 N–H and O–H groups in total. The van der Waals surface area contributed by atoms with Crippen molar-refractivity contribution in [1.29, 1.82) is 0 Å². The van der Waals surface area contributed by atoms with Gasteiger partial charge >= 0.3 is 0 Å². The van der Waals surface area contributed by atoms with Crippen LogP contribution in [0.1, 0.15) is 25.0 Å². The van der Waals surface area contributed by atoms with Crippen LogP contribution in [0.5, 0.6) is 0 Å². The minimum absolute atomic E-state index is 0.669. The van der Waals surface area contributed by atoms with Gasteiger partial charge in [-0.2, -0.15) is 0 Å². The van der Waals surface area contributed by atoms with E-state index in [0.717, 1.165) is 17.6 Å². The number of nitrogens with zero attached hydrogens (tertiary/aromatic N) is 1. The highest BCUT2D eigenvalue weighted by Gasteiger charge is 2.04. The maximum atomic E-state index is 4.85. The van der Waals surface area contributed by atoms with E-state index >= 15 is 0 Å². The van der Waals surface area contributed by atoms with Crippen molar-refractivity contribution in [2.24, 2.45) is 5.92 Å². The van der Waals surface area contributed by atoms with Crippen LogP contribution in [0.3, 0.4) is 0 Å². The molecule has 3 aromatic rings. The van der Waals surface area contributed by atoms with Gasteiger partial charge in [0.25, 0.3) is 0 Å². The lowest BCUT2D eigenvalue weighted by molar-refractivity contribution is 0.648. The quantitative estimate of drug-likeness (QED) is 0.623. The largest absolute Gasteiger partial charge is 0.248 e. The van der Waals surface area contributed by atoms with Crippen LogP contribution >= 0.6 is 0 Å². The van der Waals surface area contributed by atoms with E-state index < -0.39 is 0 Å². The molecule has 0 radical (unpaired) electrons. The molecule has 0 atom stereocenters. The summed E-state index contributed by atoms with van der Waals surface area (Å²) in [6, 6.07) is 19.4. The molecule has 2 aromatic carbocycles. The Hall–Kier alpha value is -2.15. The molecular weight excluding hydrogens is 254 g/mol. The molecule has 0 unspecified atom stereocenters. The van der Waals surface area contributed by atoms with Crippen molar-refractivity contribution in [1.82, 2.24) is 4.98 Å². The zero-order valence-electron chi connectivity index (χ0n) is 12.9. The smallest absolute Gasteiger partial charge is 0.0712 e. The molecule has 3 rings (SSSR count). The third-order valence-corrected chi connectivity index (χ3v) is 3.71. The van der Waals surface area contributed by atoms with Gasteiger partial charge in [0, 0.05) is 10.9 Å². The highest BCUT2D eigenvalue weighted by atomic mass is 14.7. The molecule has 1 heterocycles. The summed E-state index contributed by atoms with van der Waals surface area (Å²) in [5.74, 6) is 0.669. The molecule has 0 saturated carbocycles. The minimum atomic E-state index is 0.669. The van der Waals surface area contributed by atoms with E-state index in [1.807, 2.05) is 0 Å². The number of hydrogen-bond donors (Lipinski definition) is 0. The van der Waals surface area contributed by atoms with Crippen LogP contribution < -0.4 is 0 Å². The van der Waals surface area contributed by atoms with Gasteiger partial charge < -0.3 is 0 Å². The summed E-state index contributed by atoms with van der Waals surface area (Å²) in [5, 5.41) is 1.21. The summed E-state index contributed by atoms with van der Waals surface area (Å²) < 4.78 is 0. The van der Waals surface area contributed by atoms with Crippen molar-refractivity contribution in [3.63, 3.8) is 0 Å². The van der Waals surface area contributed by atoms with Crippen LogP contribution in [0, 0.1) is 12.8 Å². The first-order valence-corrected chi connectivity index (χ1v) is 7.58. The van der Waals surface area contributed by atoms with Crippen LogP contribution in [-0.2, 0) is 6.42 Å². The van der Waals surface area contributed by atoms with E-state index in [2.05, 4.69) is 75.4 Å². The van der Waals surface area contributed by atoms with Crippen molar-refractivity contribution in [2.45, 2.75) is 27.2 Å². The Labute approximate surface area is 126 Å². The highest BCUT2D eigenvalue weighted by molar-refractivity contribution is 5.82. The van der Waals surface area contributed by atoms with E-state index in [9.17, 15) is 0 Å². The molecule has 1 nitrogen and oxygen atoms in total. The second kappa shape index (κ2) is 5.69. The first kappa shape index (κ1) is 13.8. The molecule has 1 heteroatoms. The normalized spacial score (nSPS) is 11.2. The number of fused-ring (bicyclic) bond motifs is 1. The number of pyridine rings is 1. The highest BCUT2D eigenvalue weighted by Crippen LogP contribution is 2.23. The molecule has 1 aromatic heterocycles. The molecule has 0 amide bonds. The summed E-state index contributed by atoms with van der Waals surface area (Å²) >= 11 is 0. The van der Waals surface area contributed by atoms with E-state index in [1.165, 1.54) is 22.1 Å². The van der Waals surface area contributed by atoms with E-state index in [1.54, 1.807) is 0 Å². The standard InChI is InChI=1S/C20H21N/c1-14(2)11-16-7-8-17-9-10-19(21-20(17)13-16)18-6-4-5-15(3)12-18/h4-10,12-14H,11H2,1-3H3. The van der Waals surface area contributed by atoms with Gasteiger partial charge in [-0.25, -0.2) is 4.98 Å². The van der Waals surface area contributed by atoms with Crippen molar-refractivity contribution < 1.29 is 0 Å². The van der Waals surface area contributed by atoms with Crippen LogP contribution in [0.15, 0.2) is 54.6 Å². The Morgan fingerprint density at radius 3 is 2.52 bits per heavy atom. The molecule has 0 aliphatic heterocycles. The Morgan fingerprint density at radius 2 is 1.76 bits per heavy atom. The zero-order chi connectivity index (χ0) is 14.8. The van der Waals surface area contributed by atoms with Gasteiger partial charge in [0.05, 0.1) is 11.2 Å². The Balaban J connectivity index is 2.05. The molecule has 106 valence electrons. The molecule has 0 saturated heterocycles. The Bertz CT molecular complexity index is 772. The molecule has 0 bridgehead atoms. The molecule has 21 heavy (non-hydrogen) atoms. The first-order valence-electron chi connectivity index (χ1n) is 7.58. The molecule has 0 spiro atoms. The Kier molecular flexibility index (Phi) is 3.74. The Morgan fingerprint density at radius 1 is 0.952 bits per heavy atom. The topological polar surface area (TPSA) is 12.9 Å². The number of benzene rings is 2. The SMILES string of the molecule is Cc1cccc(-c2ccc3ccc(CC(C)C)cc3n2)c1. The maximum absolute atomic E-state index is 4.85. The summed E-state index contributed by atoms with van der Waals surface area (Å²) in [7, 11) is 0. The fourth-order valence-corrected chi connectivity index (χ4v) is 2.73. The predicted octanol–water partition coefficient (Wildman–Crippen LogP) is 5.41. The summed E-state index contributed by atoms with van der Waals surface area (Å²) in [5.41, 5.74) is 5.96. The third kappa shape index (κ3) is 3.13. The second-order valence-corrected chi connectivity index (χ2v) is 6.19. The van der Waals surface area contributed by atoms with E-state index in [4.69, 9.17) is 4.98 Å². The second-order valence-electron chi connectivity index (χ2n) is 6.19. The van der Waals surface area contributed by atoms with Crippen molar-refractivity contribution in [2.75, 3.05) is 0 Å². The lowest BCUT2D eigenvalue weighted by Gasteiger charge is -2.08. The number of aromatic nitrogens is 1. The summed E-state index contributed by atoms with van der Waals surface area (Å²) in [4.78, 5) is 4.85. The van der Waals surface area contributed by atoms with Gasteiger partial charge in [-0.05, 0) is 43.0 Å². The van der Waals surface area contributed by atoms with Crippen LogP contribution in [0.4, 0.5) is 0 Å². The fourth-order valence-electron chi connectivity index (χ4n) is 2.73. The van der Waals surface area contributed by atoms with Gasteiger partial charge in [0.1, 0.15) is 0 Å². The van der Waals surface area contributed by atoms with Crippen molar-refractivity contribution in [3.8, 4) is 11.3 Å². The number of hydrogen-bond acceptors (Lipinski definition) is 1. The van der Waals surface area contributed by atoms with Gasteiger partial charge in [0.2, 0.25) is 0 Å². The zero-order valence-corrected chi connectivity index (χ0v) is 12.9. The van der Waals surface area contributed by atoms with Gasteiger partial charge in [-0.1, -0.05) is 55.8 Å². The monoisotopic (exact) mass is 275 g/mol. The molecule has 0 aliphatic carbocycles. The number of aryl methyl sites for hydroxylation is 1. The van der Waals surface area contributed by atoms with Crippen LogP contribution in [0.2, 0.25) is 0 Å². The average Bonchev–Trinajstić information content (AvgIpc) is 2.46. The molecule has 0 fully saturated rings. The minimum Gasteiger partial charge on any atom is -0.248 e. The van der Waals surface area contributed by atoms with Crippen molar-refractivity contribution in [3.05, 3.63) is 65.7 Å². The van der Waals surface area contributed by atoms with E-state index in [0.29, 0.717) is 5.92 Å². The van der Waals surface area contributed by atoms with Gasteiger partial charge in [-0.15, -0.1) is 0 Å².